The van der Waals surface area contributed by atoms with E-state index in [1.165, 1.54) is 24.1 Å². The molecule has 0 radical (unpaired) electrons. The van der Waals surface area contributed by atoms with Gasteiger partial charge in [-0.3, -0.25) is 0 Å². The van der Waals surface area contributed by atoms with Crippen LogP contribution in [0.25, 0.3) is 0 Å². The third kappa shape index (κ3) is 1.95. The second-order valence-corrected chi connectivity index (χ2v) is 4.55. The van der Waals surface area contributed by atoms with Crippen molar-refractivity contribution in [3.63, 3.8) is 0 Å². The van der Waals surface area contributed by atoms with E-state index in [2.05, 4.69) is 18.0 Å². The van der Waals surface area contributed by atoms with Crippen LogP contribution in [0.5, 0.6) is 0 Å². The van der Waals surface area contributed by atoms with Gasteiger partial charge in [0, 0.05) is 5.69 Å². The Morgan fingerprint density at radius 2 is 2.47 bits per heavy atom. The van der Waals surface area contributed by atoms with Crippen LogP contribution >= 0.6 is 12.2 Å². The van der Waals surface area contributed by atoms with Crippen molar-refractivity contribution in [3.05, 3.63) is 27.5 Å². The second kappa shape index (κ2) is 4.16. The van der Waals surface area contributed by atoms with Crippen molar-refractivity contribution in [1.82, 2.24) is 4.98 Å². The maximum Gasteiger partial charge on any atom is 0.121 e. The molecule has 0 aromatic carbocycles. The quantitative estimate of drug-likeness (QED) is 0.736. The molecule has 0 spiro atoms. The van der Waals surface area contributed by atoms with Crippen LogP contribution in [0.1, 0.15) is 36.6 Å². The summed E-state index contributed by atoms with van der Waals surface area (Å²) in [5.41, 5.74) is 3.14. The van der Waals surface area contributed by atoms with E-state index in [9.17, 15) is 0 Å². The lowest BCUT2D eigenvalue weighted by atomic mass is 9.85. The van der Waals surface area contributed by atoms with Gasteiger partial charge in [0.1, 0.15) is 10.7 Å². The van der Waals surface area contributed by atoms with E-state index >= 15 is 0 Å². The van der Waals surface area contributed by atoms with Crippen molar-refractivity contribution < 1.29 is 0 Å². The molecule has 3 heteroatoms. The Morgan fingerprint density at radius 1 is 1.67 bits per heavy atom. The smallest absolute Gasteiger partial charge is 0.121 e. The first kappa shape index (κ1) is 10.4. The Labute approximate surface area is 95.0 Å². The molecule has 0 unspecified atom stereocenters. The van der Waals surface area contributed by atoms with Gasteiger partial charge in [0.15, 0.2) is 0 Å². The fraction of sp³-hybridized carbons (Fsp3) is 0.500. The van der Waals surface area contributed by atoms with Gasteiger partial charge in [-0.1, -0.05) is 25.6 Å². The average molecular weight is 218 g/mol. The molecule has 1 aromatic heterocycles. The zero-order chi connectivity index (χ0) is 10.8. The lowest BCUT2D eigenvalue weighted by Crippen LogP contribution is -2.15. The summed E-state index contributed by atoms with van der Waals surface area (Å²) >= 11 is 5.12. The highest BCUT2D eigenvalue weighted by molar-refractivity contribution is 7.71. The number of hydrogen-bond donors (Lipinski definition) is 1. The van der Waals surface area contributed by atoms with Crippen molar-refractivity contribution in [3.8, 4) is 6.07 Å². The van der Waals surface area contributed by atoms with Crippen LogP contribution in [0.15, 0.2) is 6.07 Å². The van der Waals surface area contributed by atoms with Crippen LogP contribution in [0, 0.1) is 21.9 Å². The topological polar surface area (TPSA) is 39.6 Å². The number of H-pyrrole nitrogens is 1. The summed E-state index contributed by atoms with van der Waals surface area (Å²) in [5.74, 6) is 0.772. The summed E-state index contributed by atoms with van der Waals surface area (Å²) in [6.45, 7) is 2.23. The molecular weight excluding hydrogens is 204 g/mol. The van der Waals surface area contributed by atoms with Crippen LogP contribution in [0.4, 0.5) is 0 Å². The number of pyridine rings is 1. The van der Waals surface area contributed by atoms with Gasteiger partial charge in [-0.05, 0) is 36.8 Å². The predicted octanol–water partition coefficient (Wildman–Crippen LogP) is 3.13. The molecule has 2 nitrogen and oxygen atoms in total. The molecule has 1 aliphatic rings. The lowest BCUT2D eigenvalue weighted by molar-refractivity contribution is 0.439. The van der Waals surface area contributed by atoms with Crippen LogP contribution in [0.3, 0.4) is 0 Å². The Hall–Kier alpha value is -1.14. The number of fused-ring (bicyclic) bond motifs is 1. The number of rotatable bonds is 1. The molecule has 15 heavy (non-hydrogen) atoms. The minimum Gasteiger partial charge on any atom is -0.349 e. The number of aromatic nitrogens is 1. The van der Waals surface area contributed by atoms with E-state index in [0.29, 0.717) is 10.2 Å². The third-order valence-corrected chi connectivity index (χ3v) is 3.55. The Balaban J connectivity index is 2.43. The standard InChI is InChI=1S/C12H14N2S/c1-2-8-3-4-11-9(5-8)6-10(7-13)12(15)14-11/h6,8H,2-5H2,1H3,(H,14,15)/t8-/m1/s1. The fourth-order valence-corrected chi connectivity index (χ4v) is 2.44. The molecule has 2 rings (SSSR count). The lowest BCUT2D eigenvalue weighted by Gasteiger charge is -2.23. The van der Waals surface area contributed by atoms with Gasteiger partial charge in [-0.2, -0.15) is 5.26 Å². The average Bonchev–Trinajstić information content (AvgIpc) is 2.27. The van der Waals surface area contributed by atoms with Crippen LogP contribution < -0.4 is 0 Å². The van der Waals surface area contributed by atoms with Crippen molar-refractivity contribution >= 4 is 12.2 Å². The number of aryl methyl sites for hydroxylation is 1. The van der Waals surface area contributed by atoms with Crippen molar-refractivity contribution in [2.24, 2.45) is 5.92 Å². The molecule has 0 amide bonds. The summed E-state index contributed by atoms with van der Waals surface area (Å²) in [6, 6.07) is 4.11. The molecule has 1 aliphatic carbocycles. The number of hydrogen-bond acceptors (Lipinski definition) is 2. The highest BCUT2D eigenvalue weighted by Crippen LogP contribution is 2.26. The molecule has 78 valence electrons. The van der Waals surface area contributed by atoms with Crippen LogP contribution in [-0.2, 0) is 12.8 Å². The number of nitrogens with one attached hydrogen (secondary N) is 1. The Morgan fingerprint density at radius 3 is 3.13 bits per heavy atom. The molecular formula is C12H14N2S. The first-order chi connectivity index (χ1) is 7.24. The van der Waals surface area contributed by atoms with E-state index < -0.39 is 0 Å². The van der Waals surface area contributed by atoms with Gasteiger partial charge in [0.2, 0.25) is 0 Å². The molecule has 0 aliphatic heterocycles. The summed E-state index contributed by atoms with van der Waals surface area (Å²) < 4.78 is 0.589. The van der Waals surface area contributed by atoms with Crippen molar-refractivity contribution in [2.45, 2.75) is 32.6 Å². The van der Waals surface area contributed by atoms with Crippen LogP contribution in [-0.4, -0.2) is 4.98 Å². The molecule has 1 N–H and O–H groups in total. The first-order valence-electron chi connectivity index (χ1n) is 5.39. The molecule has 0 fully saturated rings. The molecule has 1 heterocycles. The normalized spacial score (nSPS) is 19.3. The molecule has 0 saturated carbocycles. The minimum absolute atomic E-state index is 0.589. The summed E-state index contributed by atoms with van der Waals surface area (Å²) in [5, 5.41) is 8.91. The van der Waals surface area contributed by atoms with Gasteiger partial charge in [-0.15, -0.1) is 0 Å². The van der Waals surface area contributed by atoms with Gasteiger partial charge in [-0.25, -0.2) is 0 Å². The van der Waals surface area contributed by atoms with Gasteiger partial charge >= 0.3 is 0 Å². The summed E-state index contributed by atoms with van der Waals surface area (Å²) in [7, 11) is 0. The van der Waals surface area contributed by atoms with Gasteiger partial charge in [0.25, 0.3) is 0 Å². The fourth-order valence-electron chi connectivity index (χ4n) is 2.21. The van der Waals surface area contributed by atoms with E-state index in [-0.39, 0.29) is 0 Å². The maximum absolute atomic E-state index is 8.91. The van der Waals surface area contributed by atoms with E-state index in [1.54, 1.807) is 0 Å². The minimum atomic E-state index is 0.589. The SMILES string of the molecule is CC[C@@H]1CCc2[nH]c(=S)c(C#N)cc2C1. The number of nitrogens with zero attached hydrogens (tertiary/aromatic N) is 1. The van der Waals surface area contributed by atoms with E-state index in [1.807, 2.05) is 6.07 Å². The Kier molecular flexibility index (Phi) is 2.88. The van der Waals surface area contributed by atoms with E-state index in [0.717, 1.165) is 18.8 Å². The summed E-state index contributed by atoms with van der Waals surface area (Å²) in [6.07, 6.45) is 4.62. The van der Waals surface area contributed by atoms with Gasteiger partial charge < -0.3 is 4.98 Å². The largest absolute Gasteiger partial charge is 0.349 e. The summed E-state index contributed by atoms with van der Waals surface area (Å²) in [4.78, 5) is 3.18. The van der Waals surface area contributed by atoms with Crippen molar-refractivity contribution in [1.29, 1.82) is 5.26 Å². The molecule has 1 aromatic rings. The highest BCUT2D eigenvalue weighted by Gasteiger charge is 2.18. The Bertz CT molecular complexity index is 467. The van der Waals surface area contributed by atoms with E-state index in [4.69, 9.17) is 17.5 Å². The zero-order valence-corrected chi connectivity index (χ0v) is 9.66. The number of nitriles is 1. The predicted molar refractivity (Wildman–Crippen MR) is 62.1 cm³/mol. The van der Waals surface area contributed by atoms with Crippen molar-refractivity contribution in [2.75, 3.05) is 0 Å². The molecule has 0 bridgehead atoms. The van der Waals surface area contributed by atoms with Gasteiger partial charge in [0.05, 0.1) is 5.56 Å². The van der Waals surface area contributed by atoms with Crippen LogP contribution in [0.2, 0.25) is 0 Å². The molecule has 0 saturated heterocycles. The second-order valence-electron chi connectivity index (χ2n) is 4.14. The monoisotopic (exact) mass is 218 g/mol. The zero-order valence-electron chi connectivity index (χ0n) is 8.84. The third-order valence-electron chi connectivity index (χ3n) is 3.22. The first-order valence-corrected chi connectivity index (χ1v) is 5.80. The molecule has 1 atom stereocenters. The maximum atomic E-state index is 8.91. The number of aromatic amines is 1. The highest BCUT2D eigenvalue weighted by atomic mass is 32.1.